The summed E-state index contributed by atoms with van der Waals surface area (Å²) < 4.78 is 23.8. The first kappa shape index (κ1) is 17.9. The fraction of sp³-hybridized carbons (Fsp3) is 0.889. The highest BCUT2D eigenvalue weighted by Crippen LogP contribution is 2.36. The molecule has 4 nitrogen and oxygen atoms in total. The lowest BCUT2D eigenvalue weighted by Crippen LogP contribution is -2.38. The quantitative estimate of drug-likeness (QED) is 0.522. The minimum absolute atomic E-state index is 0.0277. The lowest BCUT2D eigenvalue weighted by Gasteiger charge is -2.23. The van der Waals surface area contributed by atoms with Crippen molar-refractivity contribution in [2.24, 2.45) is 0 Å². The standard InChI is InChI=1S/C18H32O4/c1-6-7-8-9-10-11-12-14-16(22-18(4,5)20-14)15-13-19-17(2,3)21-15/h10-11,14-16H,6-9,12-13H2,1-5H3/b11-10-/t14-,15-,16+/m1/s1. The molecule has 0 aromatic rings. The smallest absolute Gasteiger partial charge is 0.163 e. The van der Waals surface area contributed by atoms with Crippen LogP contribution in [0.15, 0.2) is 12.2 Å². The maximum atomic E-state index is 6.07. The summed E-state index contributed by atoms with van der Waals surface area (Å²) in [4.78, 5) is 0. The average Bonchev–Trinajstić information content (AvgIpc) is 2.93. The van der Waals surface area contributed by atoms with Gasteiger partial charge in [-0.3, -0.25) is 0 Å². The van der Waals surface area contributed by atoms with E-state index in [-0.39, 0.29) is 18.3 Å². The molecule has 0 aromatic carbocycles. The molecule has 128 valence electrons. The molecule has 0 saturated carbocycles. The Kier molecular flexibility index (Phi) is 6.06. The van der Waals surface area contributed by atoms with Crippen molar-refractivity contribution in [3.8, 4) is 0 Å². The zero-order chi connectivity index (χ0) is 16.2. The highest BCUT2D eigenvalue weighted by atomic mass is 16.8. The first-order chi connectivity index (χ1) is 10.3. The second-order valence-electron chi connectivity index (χ2n) is 7.21. The Balaban J connectivity index is 1.87. The van der Waals surface area contributed by atoms with Crippen molar-refractivity contribution in [2.45, 2.75) is 96.6 Å². The Hall–Kier alpha value is -0.420. The molecule has 22 heavy (non-hydrogen) atoms. The Bertz CT molecular complexity index is 375. The van der Waals surface area contributed by atoms with Gasteiger partial charge in [0.1, 0.15) is 12.2 Å². The van der Waals surface area contributed by atoms with Crippen LogP contribution in [0.3, 0.4) is 0 Å². The number of rotatable bonds is 7. The summed E-state index contributed by atoms with van der Waals surface area (Å²) in [6, 6.07) is 0. The third kappa shape index (κ3) is 5.05. The molecule has 0 unspecified atom stereocenters. The van der Waals surface area contributed by atoms with E-state index >= 15 is 0 Å². The minimum atomic E-state index is -0.554. The molecular weight excluding hydrogens is 280 g/mol. The first-order valence-electron chi connectivity index (χ1n) is 8.65. The minimum Gasteiger partial charge on any atom is -0.348 e. The van der Waals surface area contributed by atoms with E-state index in [2.05, 4.69) is 19.1 Å². The van der Waals surface area contributed by atoms with Crippen LogP contribution in [0.2, 0.25) is 0 Å². The van der Waals surface area contributed by atoms with E-state index in [1.54, 1.807) is 0 Å². The van der Waals surface area contributed by atoms with Crippen LogP contribution in [-0.4, -0.2) is 36.5 Å². The number of hydrogen-bond acceptors (Lipinski definition) is 4. The van der Waals surface area contributed by atoms with Gasteiger partial charge in [-0.15, -0.1) is 0 Å². The first-order valence-corrected chi connectivity index (χ1v) is 8.65. The number of unbranched alkanes of at least 4 members (excludes halogenated alkanes) is 3. The fourth-order valence-electron chi connectivity index (χ4n) is 3.10. The summed E-state index contributed by atoms with van der Waals surface area (Å²) in [5.41, 5.74) is 0. The SMILES string of the molecule is CCCCC/C=C\C[C@H]1OC(C)(C)O[C@@H]1[C@H]1COC(C)(C)O1. The van der Waals surface area contributed by atoms with Gasteiger partial charge in [0.25, 0.3) is 0 Å². The van der Waals surface area contributed by atoms with Gasteiger partial charge in [-0.25, -0.2) is 0 Å². The second kappa shape index (κ2) is 7.43. The Morgan fingerprint density at radius 1 is 0.955 bits per heavy atom. The zero-order valence-corrected chi connectivity index (χ0v) is 14.8. The topological polar surface area (TPSA) is 36.9 Å². The van der Waals surface area contributed by atoms with E-state index < -0.39 is 11.6 Å². The molecule has 3 atom stereocenters. The summed E-state index contributed by atoms with van der Waals surface area (Å²) in [7, 11) is 0. The van der Waals surface area contributed by atoms with Gasteiger partial charge in [0.05, 0.1) is 12.7 Å². The molecule has 0 aromatic heterocycles. The summed E-state index contributed by atoms with van der Waals surface area (Å²) in [5, 5.41) is 0. The molecule has 4 heteroatoms. The maximum absolute atomic E-state index is 6.07. The van der Waals surface area contributed by atoms with Crippen LogP contribution >= 0.6 is 0 Å². The average molecular weight is 312 g/mol. The zero-order valence-electron chi connectivity index (χ0n) is 14.8. The molecule has 2 aliphatic heterocycles. The molecular formula is C18H32O4. The lowest BCUT2D eigenvalue weighted by molar-refractivity contribution is -0.174. The number of ether oxygens (including phenoxy) is 4. The predicted molar refractivity (Wildman–Crippen MR) is 86.6 cm³/mol. The fourth-order valence-corrected chi connectivity index (χ4v) is 3.10. The van der Waals surface area contributed by atoms with E-state index in [1.807, 2.05) is 27.7 Å². The van der Waals surface area contributed by atoms with Crippen molar-refractivity contribution in [1.82, 2.24) is 0 Å². The summed E-state index contributed by atoms with van der Waals surface area (Å²) in [6.45, 7) is 10.6. The molecule has 2 heterocycles. The Morgan fingerprint density at radius 2 is 1.73 bits per heavy atom. The summed E-state index contributed by atoms with van der Waals surface area (Å²) in [6.07, 6.45) is 10.2. The molecule has 0 bridgehead atoms. The van der Waals surface area contributed by atoms with Crippen molar-refractivity contribution < 1.29 is 18.9 Å². The van der Waals surface area contributed by atoms with E-state index in [0.29, 0.717) is 6.61 Å². The maximum Gasteiger partial charge on any atom is 0.163 e. The molecule has 0 N–H and O–H groups in total. The molecule has 2 saturated heterocycles. The highest BCUT2D eigenvalue weighted by molar-refractivity contribution is 4.95. The third-order valence-electron chi connectivity index (χ3n) is 4.13. The van der Waals surface area contributed by atoms with Crippen LogP contribution < -0.4 is 0 Å². The van der Waals surface area contributed by atoms with Crippen LogP contribution in [0.5, 0.6) is 0 Å². The molecule has 2 rings (SSSR count). The van der Waals surface area contributed by atoms with Crippen LogP contribution in [0.1, 0.15) is 66.7 Å². The van der Waals surface area contributed by atoms with Crippen molar-refractivity contribution in [3.05, 3.63) is 12.2 Å². The van der Waals surface area contributed by atoms with E-state index in [4.69, 9.17) is 18.9 Å². The van der Waals surface area contributed by atoms with Gasteiger partial charge >= 0.3 is 0 Å². The van der Waals surface area contributed by atoms with Gasteiger partial charge in [0.2, 0.25) is 0 Å². The van der Waals surface area contributed by atoms with Crippen LogP contribution in [0, 0.1) is 0 Å². The normalized spacial score (nSPS) is 33.8. The molecule has 2 fully saturated rings. The van der Waals surface area contributed by atoms with Gasteiger partial charge in [0, 0.05) is 0 Å². The second-order valence-corrected chi connectivity index (χ2v) is 7.21. The van der Waals surface area contributed by atoms with E-state index in [0.717, 1.165) is 12.8 Å². The monoisotopic (exact) mass is 312 g/mol. The predicted octanol–water partition coefficient (Wildman–Crippen LogP) is 4.18. The molecule has 0 spiro atoms. The van der Waals surface area contributed by atoms with Gasteiger partial charge in [0.15, 0.2) is 11.6 Å². The van der Waals surface area contributed by atoms with Gasteiger partial charge in [-0.05, 0) is 47.0 Å². The van der Waals surface area contributed by atoms with Crippen LogP contribution in [0.25, 0.3) is 0 Å². The Morgan fingerprint density at radius 3 is 2.36 bits per heavy atom. The molecule has 2 aliphatic rings. The Labute approximate surface area is 135 Å². The van der Waals surface area contributed by atoms with E-state index in [9.17, 15) is 0 Å². The molecule has 0 radical (unpaired) electrons. The van der Waals surface area contributed by atoms with Gasteiger partial charge in [-0.2, -0.15) is 0 Å². The lowest BCUT2D eigenvalue weighted by atomic mass is 10.0. The van der Waals surface area contributed by atoms with Crippen molar-refractivity contribution in [3.63, 3.8) is 0 Å². The van der Waals surface area contributed by atoms with Crippen LogP contribution in [-0.2, 0) is 18.9 Å². The number of hydrogen-bond donors (Lipinski definition) is 0. The van der Waals surface area contributed by atoms with Crippen molar-refractivity contribution in [1.29, 1.82) is 0 Å². The molecule has 0 aliphatic carbocycles. The van der Waals surface area contributed by atoms with Crippen molar-refractivity contribution in [2.75, 3.05) is 6.61 Å². The largest absolute Gasteiger partial charge is 0.348 e. The van der Waals surface area contributed by atoms with Crippen molar-refractivity contribution >= 4 is 0 Å². The summed E-state index contributed by atoms with van der Waals surface area (Å²) >= 11 is 0. The van der Waals surface area contributed by atoms with Crippen LogP contribution in [0.4, 0.5) is 0 Å². The van der Waals surface area contributed by atoms with E-state index in [1.165, 1.54) is 19.3 Å². The number of allylic oxidation sites excluding steroid dienone is 1. The van der Waals surface area contributed by atoms with Gasteiger partial charge < -0.3 is 18.9 Å². The highest BCUT2D eigenvalue weighted by Gasteiger charge is 2.49. The van der Waals surface area contributed by atoms with Gasteiger partial charge in [-0.1, -0.05) is 31.9 Å². The molecule has 0 amide bonds. The third-order valence-corrected chi connectivity index (χ3v) is 4.13. The summed E-state index contributed by atoms with van der Waals surface area (Å²) in [5.74, 6) is -1.08.